The van der Waals surface area contributed by atoms with E-state index in [9.17, 15) is 8.42 Å². The molecule has 0 spiro atoms. The zero-order valence-electron chi connectivity index (χ0n) is 10.7. The molecule has 2 aromatic rings. The van der Waals surface area contributed by atoms with Crippen LogP contribution in [0.4, 0.5) is 0 Å². The number of halogens is 1. The molecule has 0 unspecified atom stereocenters. The first-order valence-electron chi connectivity index (χ1n) is 5.94. The van der Waals surface area contributed by atoms with E-state index in [0.717, 1.165) is 0 Å². The molecule has 106 valence electrons. The van der Waals surface area contributed by atoms with E-state index in [1.165, 1.54) is 12.1 Å². The summed E-state index contributed by atoms with van der Waals surface area (Å²) in [6, 6.07) is 13.1. The van der Waals surface area contributed by atoms with Crippen molar-refractivity contribution in [3.63, 3.8) is 0 Å². The van der Waals surface area contributed by atoms with Crippen LogP contribution in [0.2, 0.25) is 0 Å². The molecule has 20 heavy (non-hydrogen) atoms. The van der Waals surface area contributed by atoms with Crippen LogP contribution in [0.5, 0.6) is 17.2 Å². The van der Waals surface area contributed by atoms with Crippen LogP contribution >= 0.6 is 10.7 Å². The smallest absolute Gasteiger partial charge is 0.261 e. The SMILES string of the molecule is CCOc1cccc(Oc2ccc(S(=O)(=O)Cl)cc2)c1. The molecule has 0 N–H and O–H groups in total. The maximum Gasteiger partial charge on any atom is 0.261 e. The fourth-order valence-corrected chi connectivity index (χ4v) is 2.37. The lowest BCUT2D eigenvalue weighted by atomic mass is 10.3. The predicted octanol–water partition coefficient (Wildman–Crippen LogP) is 3.81. The highest BCUT2D eigenvalue weighted by molar-refractivity contribution is 8.13. The van der Waals surface area contributed by atoms with Crippen LogP contribution in [-0.4, -0.2) is 15.0 Å². The summed E-state index contributed by atoms with van der Waals surface area (Å²) in [5, 5.41) is 0. The number of hydrogen-bond donors (Lipinski definition) is 0. The van der Waals surface area contributed by atoms with E-state index < -0.39 is 9.05 Å². The number of ether oxygens (including phenoxy) is 2. The molecule has 0 radical (unpaired) electrons. The van der Waals surface area contributed by atoms with Crippen molar-refractivity contribution in [1.82, 2.24) is 0 Å². The molecule has 0 bridgehead atoms. The Hall–Kier alpha value is -1.72. The van der Waals surface area contributed by atoms with Crippen molar-refractivity contribution in [3.05, 3.63) is 48.5 Å². The van der Waals surface area contributed by atoms with Gasteiger partial charge in [0.2, 0.25) is 0 Å². The Morgan fingerprint density at radius 3 is 2.25 bits per heavy atom. The van der Waals surface area contributed by atoms with Gasteiger partial charge in [0.1, 0.15) is 17.2 Å². The fourth-order valence-electron chi connectivity index (χ4n) is 1.60. The van der Waals surface area contributed by atoms with E-state index in [1.54, 1.807) is 24.3 Å². The van der Waals surface area contributed by atoms with Gasteiger partial charge in [0, 0.05) is 16.7 Å². The minimum Gasteiger partial charge on any atom is -0.494 e. The van der Waals surface area contributed by atoms with E-state index in [1.807, 2.05) is 19.1 Å². The Labute approximate surface area is 122 Å². The second kappa shape index (κ2) is 6.15. The van der Waals surface area contributed by atoms with Gasteiger partial charge >= 0.3 is 0 Å². The highest BCUT2D eigenvalue weighted by Crippen LogP contribution is 2.26. The highest BCUT2D eigenvalue weighted by atomic mass is 35.7. The van der Waals surface area contributed by atoms with Crippen LogP contribution in [0.25, 0.3) is 0 Å². The van der Waals surface area contributed by atoms with Crippen LogP contribution in [0.15, 0.2) is 53.4 Å². The monoisotopic (exact) mass is 312 g/mol. The van der Waals surface area contributed by atoms with Crippen LogP contribution in [0, 0.1) is 0 Å². The van der Waals surface area contributed by atoms with E-state index in [-0.39, 0.29) is 4.90 Å². The second-order valence-electron chi connectivity index (χ2n) is 3.92. The maximum atomic E-state index is 11.1. The van der Waals surface area contributed by atoms with Gasteiger partial charge in [-0.2, -0.15) is 0 Å². The summed E-state index contributed by atoms with van der Waals surface area (Å²) in [7, 11) is 1.53. The first kappa shape index (κ1) is 14.7. The Bertz CT molecular complexity index is 681. The van der Waals surface area contributed by atoms with E-state index in [4.69, 9.17) is 20.2 Å². The summed E-state index contributed by atoms with van der Waals surface area (Å²) in [4.78, 5) is 0.0367. The van der Waals surface area contributed by atoms with Gasteiger partial charge in [0.15, 0.2) is 0 Å². The lowest BCUT2D eigenvalue weighted by Gasteiger charge is -2.08. The third-order valence-electron chi connectivity index (χ3n) is 2.46. The first-order chi connectivity index (χ1) is 9.49. The van der Waals surface area contributed by atoms with E-state index in [2.05, 4.69) is 0 Å². The van der Waals surface area contributed by atoms with Gasteiger partial charge in [-0.05, 0) is 43.3 Å². The van der Waals surface area contributed by atoms with Gasteiger partial charge in [0.25, 0.3) is 9.05 Å². The standard InChI is InChI=1S/C14H13ClO4S/c1-2-18-12-4-3-5-13(10-12)19-11-6-8-14(9-7-11)20(15,16)17/h3-10H,2H2,1H3. The van der Waals surface area contributed by atoms with Gasteiger partial charge in [-0.25, -0.2) is 8.42 Å². The number of benzene rings is 2. The number of rotatable bonds is 5. The van der Waals surface area contributed by atoms with Crippen LogP contribution < -0.4 is 9.47 Å². The second-order valence-corrected chi connectivity index (χ2v) is 6.49. The Morgan fingerprint density at radius 1 is 1.00 bits per heavy atom. The molecule has 0 saturated heterocycles. The Kier molecular flexibility index (Phi) is 4.52. The van der Waals surface area contributed by atoms with Gasteiger partial charge in [0.05, 0.1) is 11.5 Å². The first-order valence-corrected chi connectivity index (χ1v) is 8.25. The number of hydrogen-bond acceptors (Lipinski definition) is 4. The summed E-state index contributed by atoms with van der Waals surface area (Å²) in [5.41, 5.74) is 0. The third kappa shape index (κ3) is 3.88. The average Bonchev–Trinajstić information content (AvgIpc) is 2.39. The molecule has 0 aliphatic heterocycles. The summed E-state index contributed by atoms with van der Waals surface area (Å²) >= 11 is 0. The van der Waals surface area contributed by atoms with Crippen molar-refractivity contribution in [2.75, 3.05) is 6.61 Å². The zero-order chi connectivity index (χ0) is 14.6. The minimum atomic E-state index is -3.71. The predicted molar refractivity (Wildman–Crippen MR) is 77.2 cm³/mol. The molecule has 0 aliphatic rings. The molecule has 6 heteroatoms. The minimum absolute atomic E-state index is 0.0367. The third-order valence-corrected chi connectivity index (χ3v) is 3.83. The molecule has 0 fully saturated rings. The van der Waals surface area contributed by atoms with E-state index in [0.29, 0.717) is 23.9 Å². The molecule has 2 rings (SSSR count). The maximum absolute atomic E-state index is 11.1. The van der Waals surface area contributed by atoms with Crippen molar-refractivity contribution in [3.8, 4) is 17.2 Å². The van der Waals surface area contributed by atoms with Gasteiger partial charge in [-0.1, -0.05) is 6.07 Å². The van der Waals surface area contributed by atoms with Crippen molar-refractivity contribution in [2.45, 2.75) is 11.8 Å². The van der Waals surface area contributed by atoms with Gasteiger partial charge in [-0.3, -0.25) is 0 Å². The largest absolute Gasteiger partial charge is 0.494 e. The molecule has 4 nitrogen and oxygen atoms in total. The normalized spacial score (nSPS) is 11.1. The fraction of sp³-hybridized carbons (Fsp3) is 0.143. The van der Waals surface area contributed by atoms with Crippen LogP contribution in [0.1, 0.15) is 6.92 Å². The quantitative estimate of drug-likeness (QED) is 0.788. The van der Waals surface area contributed by atoms with Crippen molar-refractivity contribution in [2.24, 2.45) is 0 Å². The lowest BCUT2D eigenvalue weighted by Crippen LogP contribution is -1.92. The molecule has 0 aromatic heterocycles. The topological polar surface area (TPSA) is 52.6 Å². The Balaban J connectivity index is 2.16. The summed E-state index contributed by atoms with van der Waals surface area (Å²) in [5.74, 6) is 1.84. The van der Waals surface area contributed by atoms with Crippen molar-refractivity contribution in [1.29, 1.82) is 0 Å². The van der Waals surface area contributed by atoms with Crippen molar-refractivity contribution < 1.29 is 17.9 Å². The van der Waals surface area contributed by atoms with Crippen LogP contribution in [0.3, 0.4) is 0 Å². The summed E-state index contributed by atoms with van der Waals surface area (Å²) in [6.07, 6.45) is 0. The zero-order valence-corrected chi connectivity index (χ0v) is 12.3. The van der Waals surface area contributed by atoms with Gasteiger partial charge < -0.3 is 9.47 Å². The Morgan fingerprint density at radius 2 is 1.65 bits per heavy atom. The molecular weight excluding hydrogens is 300 g/mol. The average molecular weight is 313 g/mol. The lowest BCUT2D eigenvalue weighted by molar-refractivity contribution is 0.338. The molecule has 0 amide bonds. The summed E-state index contributed by atoms with van der Waals surface area (Å²) < 4.78 is 33.2. The van der Waals surface area contributed by atoms with E-state index >= 15 is 0 Å². The summed E-state index contributed by atoms with van der Waals surface area (Å²) in [6.45, 7) is 2.48. The van der Waals surface area contributed by atoms with Crippen molar-refractivity contribution >= 4 is 19.7 Å². The molecule has 0 aliphatic carbocycles. The molecular formula is C14H13ClO4S. The molecule has 0 heterocycles. The van der Waals surface area contributed by atoms with Crippen LogP contribution in [-0.2, 0) is 9.05 Å². The molecule has 2 aromatic carbocycles. The van der Waals surface area contributed by atoms with Gasteiger partial charge in [-0.15, -0.1) is 0 Å². The molecule has 0 atom stereocenters. The molecule has 0 saturated carbocycles. The highest BCUT2D eigenvalue weighted by Gasteiger charge is 2.09.